The molecule has 9 heteroatoms. The number of benzene rings is 1. The van der Waals surface area contributed by atoms with Crippen molar-refractivity contribution in [1.29, 1.82) is 0 Å². The molecule has 0 unspecified atom stereocenters. The molecule has 136 valence electrons. The average Bonchev–Trinajstić information content (AvgIpc) is 2.99. The van der Waals surface area contributed by atoms with Crippen LogP contribution in [0.1, 0.15) is 29.6 Å². The zero-order chi connectivity index (χ0) is 18.6. The maximum atomic E-state index is 11.5. The van der Waals surface area contributed by atoms with Crippen molar-refractivity contribution in [2.24, 2.45) is 5.73 Å². The zero-order valence-corrected chi connectivity index (χ0v) is 13.3. The maximum Gasteiger partial charge on any atom is 0.490 e. The summed E-state index contributed by atoms with van der Waals surface area (Å²) in [5.41, 5.74) is 7.00. The molecular weight excluding hydrogens is 339 g/mol. The van der Waals surface area contributed by atoms with Gasteiger partial charge in [-0.25, -0.2) is 4.79 Å². The van der Waals surface area contributed by atoms with Crippen molar-refractivity contribution in [3.8, 4) is 0 Å². The second-order valence-corrected chi connectivity index (χ2v) is 5.59. The minimum Gasteiger partial charge on any atom is -0.475 e. The number of carboxylic acids is 1. The number of aliphatic carboxylic acids is 1. The summed E-state index contributed by atoms with van der Waals surface area (Å²) in [5, 5.41) is 10.5. The summed E-state index contributed by atoms with van der Waals surface area (Å²) >= 11 is 0. The van der Waals surface area contributed by atoms with Gasteiger partial charge in [0.15, 0.2) is 0 Å². The van der Waals surface area contributed by atoms with E-state index in [0.29, 0.717) is 5.56 Å². The summed E-state index contributed by atoms with van der Waals surface area (Å²) in [6, 6.07) is 7.73. The maximum absolute atomic E-state index is 11.5. The summed E-state index contributed by atoms with van der Waals surface area (Å²) in [4.78, 5) is 20.4. The molecule has 0 atom stereocenters. The van der Waals surface area contributed by atoms with Crippen LogP contribution < -0.4 is 10.7 Å². The van der Waals surface area contributed by atoms with Crippen molar-refractivity contribution in [2.75, 3.05) is 18.1 Å². The van der Waals surface area contributed by atoms with Crippen LogP contribution in [0.25, 0.3) is 10.9 Å². The molecule has 1 aromatic carbocycles. The topological polar surface area (TPSA) is 88.6 Å². The number of hydrogen-bond acceptors (Lipinski definition) is 3. The number of aromatic nitrogens is 1. The Hall–Kier alpha value is -2.71. The highest BCUT2D eigenvalue weighted by molar-refractivity contribution is 6.05. The normalized spacial score (nSPS) is 14.8. The molecule has 0 spiro atoms. The second kappa shape index (κ2) is 7.45. The van der Waals surface area contributed by atoms with E-state index in [9.17, 15) is 18.0 Å². The third-order valence-corrected chi connectivity index (χ3v) is 3.84. The fraction of sp³-hybridized carbons (Fsp3) is 0.375. The largest absolute Gasteiger partial charge is 0.490 e. The fourth-order valence-electron chi connectivity index (χ4n) is 2.70. The first-order valence-corrected chi connectivity index (χ1v) is 7.67. The minimum absolute atomic E-state index is 0.363. The molecule has 0 saturated carbocycles. The average molecular weight is 357 g/mol. The fourth-order valence-corrected chi connectivity index (χ4v) is 2.70. The molecule has 6 nitrogen and oxygen atoms in total. The lowest BCUT2D eigenvalue weighted by atomic mass is 10.1. The molecule has 0 aliphatic carbocycles. The van der Waals surface area contributed by atoms with Crippen LogP contribution in [0.3, 0.4) is 0 Å². The summed E-state index contributed by atoms with van der Waals surface area (Å²) < 4.78 is 33.8. The Labute approximate surface area is 141 Å². The van der Waals surface area contributed by atoms with Crippen LogP contribution in [-0.4, -0.2) is 40.9 Å². The number of fused-ring (bicyclic) bond motifs is 1. The van der Waals surface area contributed by atoms with E-state index in [-0.39, 0.29) is 5.91 Å². The Balaban J connectivity index is 0.000000277. The first-order valence-electron chi connectivity index (χ1n) is 7.67. The second-order valence-electron chi connectivity index (χ2n) is 5.59. The molecule has 1 amide bonds. The lowest BCUT2D eigenvalue weighted by molar-refractivity contribution is -0.192. The zero-order valence-electron chi connectivity index (χ0n) is 13.3. The lowest BCUT2D eigenvalue weighted by Crippen LogP contribution is -2.38. The Bertz CT molecular complexity index is 765. The summed E-state index contributed by atoms with van der Waals surface area (Å²) in [7, 11) is 0. The Morgan fingerprint density at radius 2 is 1.68 bits per heavy atom. The van der Waals surface area contributed by atoms with E-state index in [0.717, 1.165) is 24.0 Å². The van der Waals surface area contributed by atoms with E-state index in [1.165, 1.54) is 19.3 Å². The number of amides is 1. The number of para-hydroxylation sites is 1. The molecule has 2 heterocycles. The first-order chi connectivity index (χ1) is 11.7. The number of primary amides is 1. The molecule has 25 heavy (non-hydrogen) atoms. The monoisotopic (exact) mass is 357 g/mol. The van der Waals surface area contributed by atoms with Gasteiger partial charge in [-0.1, -0.05) is 12.1 Å². The van der Waals surface area contributed by atoms with Gasteiger partial charge in [-0.05, 0) is 31.4 Å². The Morgan fingerprint density at radius 3 is 2.20 bits per heavy atom. The number of rotatable bonds is 2. The van der Waals surface area contributed by atoms with Gasteiger partial charge >= 0.3 is 12.1 Å². The standard InChI is InChI=1S/C14H17N3O.C2HF3O2/c15-14(18)12-6-4-5-11-7-10-17(13(11)12)16-8-2-1-3-9-16;3-2(4,5)1(6)7/h4-7,10H,1-3,8-9H2,(H2,15,18);(H,6,7). The van der Waals surface area contributed by atoms with Gasteiger partial charge in [-0.15, -0.1) is 0 Å². The molecule has 1 saturated heterocycles. The van der Waals surface area contributed by atoms with Crippen LogP contribution in [0.15, 0.2) is 30.5 Å². The number of piperidine rings is 1. The van der Waals surface area contributed by atoms with E-state index in [2.05, 4.69) is 9.69 Å². The van der Waals surface area contributed by atoms with E-state index in [1.807, 2.05) is 24.4 Å². The van der Waals surface area contributed by atoms with E-state index >= 15 is 0 Å². The van der Waals surface area contributed by atoms with Gasteiger partial charge in [0, 0.05) is 24.7 Å². The van der Waals surface area contributed by atoms with Crippen LogP contribution in [0, 0.1) is 0 Å². The lowest BCUT2D eigenvalue weighted by Gasteiger charge is -2.30. The van der Waals surface area contributed by atoms with Gasteiger partial charge in [0.1, 0.15) is 0 Å². The molecule has 1 aromatic heterocycles. The first kappa shape index (κ1) is 18.6. The highest BCUT2D eigenvalue weighted by atomic mass is 19.4. The molecule has 1 aliphatic rings. The quantitative estimate of drug-likeness (QED) is 0.864. The predicted octanol–water partition coefficient (Wildman–Crippen LogP) is 2.50. The number of alkyl halides is 3. The molecule has 1 fully saturated rings. The van der Waals surface area contributed by atoms with Crippen molar-refractivity contribution >= 4 is 22.8 Å². The highest BCUT2D eigenvalue weighted by Gasteiger charge is 2.38. The Morgan fingerprint density at radius 1 is 1.08 bits per heavy atom. The van der Waals surface area contributed by atoms with Crippen molar-refractivity contribution < 1.29 is 27.9 Å². The third-order valence-electron chi connectivity index (χ3n) is 3.84. The minimum atomic E-state index is -5.08. The number of carbonyl (C=O) groups excluding carboxylic acids is 1. The summed E-state index contributed by atoms with van der Waals surface area (Å²) in [5.74, 6) is -3.12. The molecule has 0 bridgehead atoms. The molecular formula is C16H18F3N3O3. The van der Waals surface area contributed by atoms with Gasteiger partial charge in [0.05, 0.1) is 11.1 Å². The van der Waals surface area contributed by atoms with Gasteiger partial charge in [-0.3, -0.25) is 9.47 Å². The van der Waals surface area contributed by atoms with Crippen LogP contribution >= 0.6 is 0 Å². The molecule has 1 aliphatic heterocycles. The van der Waals surface area contributed by atoms with Crippen LogP contribution in [0.2, 0.25) is 0 Å². The predicted molar refractivity (Wildman–Crippen MR) is 85.9 cm³/mol. The summed E-state index contributed by atoms with van der Waals surface area (Å²) in [6.07, 6.45) is 0.650. The number of halogens is 3. The van der Waals surface area contributed by atoms with Crippen molar-refractivity contribution in [1.82, 2.24) is 4.68 Å². The number of nitrogens with two attached hydrogens (primary N) is 1. The van der Waals surface area contributed by atoms with Crippen LogP contribution in [-0.2, 0) is 4.79 Å². The number of carboxylic acid groups (broad SMARTS) is 1. The molecule has 3 N–H and O–H groups in total. The Kier molecular flexibility index (Phi) is 5.55. The smallest absolute Gasteiger partial charge is 0.475 e. The SMILES string of the molecule is NC(=O)c1cccc2ccn(N3CCCCC3)c12.O=C(O)C(F)(F)F. The van der Waals surface area contributed by atoms with Gasteiger partial charge in [0.25, 0.3) is 5.91 Å². The number of hydrogen-bond donors (Lipinski definition) is 2. The molecule has 3 rings (SSSR count). The summed E-state index contributed by atoms with van der Waals surface area (Å²) in [6.45, 7) is 2.08. The van der Waals surface area contributed by atoms with Crippen LogP contribution in [0.5, 0.6) is 0 Å². The van der Waals surface area contributed by atoms with Crippen molar-refractivity contribution in [3.05, 3.63) is 36.0 Å². The highest BCUT2D eigenvalue weighted by Crippen LogP contribution is 2.22. The van der Waals surface area contributed by atoms with E-state index in [4.69, 9.17) is 15.6 Å². The third kappa shape index (κ3) is 4.43. The van der Waals surface area contributed by atoms with Crippen LogP contribution in [0.4, 0.5) is 13.2 Å². The van der Waals surface area contributed by atoms with Crippen molar-refractivity contribution in [3.63, 3.8) is 0 Å². The van der Waals surface area contributed by atoms with E-state index < -0.39 is 12.1 Å². The number of carbonyl (C=O) groups is 2. The van der Waals surface area contributed by atoms with Gasteiger partial charge in [0.2, 0.25) is 0 Å². The molecule has 2 aromatic rings. The molecule has 0 radical (unpaired) electrons. The van der Waals surface area contributed by atoms with Crippen molar-refractivity contribution in [2.45, 2.75) is 25.4 Å². The van der Waals surface area contributed by atoms with Gasteiger partial charge < -0.3 is 15.8 Å². The van der Waals surface area contributed by atoms with E-state index in [1.54, 1.807) is 6.07 Å². The van der Waals surface area contributed by atoms with Gasteiger partial charge in [-0.2, -0.15) is 13.2 Å². The number of nitrogens with zero attached hydrogens (tertiary/aromatic N) is 2.